The van der Waals surface area contributed by atoms with Crippen LogP contribution in [0.2, 0.25) is 0 Å². The molecule has 0 unspecified atom stereocenters. The van der Waals surface area contributed by atoms with Gasteiger partial charge in [-0.3, -0.25) is 4.68 Å². The van der Waals surface area contributed by atoms with Crippen LogP contribution in [-0.2, 0) is 18.2 Å². The maximum Gasteiger partial charge on any atom is 0.341 e. The molecule has 0 radical (unpaired) electrons. The van der Waals surface area contributed by atoms with Crippen LogP contribution in [0.5, 0.6) is 0 Å². The first kappa shape index (κ1) is 14.2. The van der Waals surface area contributed by atoms with Crippen LogP contribution >= 0.6 is 0 Å². The van der Waals surface area contributed by atoms with E-state index in [1.54, 1.807) is 11.6 Å². The lowest BCUT2D eigenvalue weighted by atomic mass is 10.1. The molecular formula is C14H18N4O2. The van der Waals surface area contributed by atoms with Gasteiger partial charge >= 0.3 is 5.97 Å². The number of carbonyl (C=O) groups excluding carboxylic acids is 1. The Kier molecular flexibility index (Phi) is 4.45. The van der Waals surface area contributed by atoms with Crippen molar-refractivity contribution < 1.29 is 9.53 Å². The van der Waals surface area contributed by atoms with Crippen molar-refractivity contribution in [2.45, 2.75) is 26.7 Å². The lowest BCUT2D eigenvalue weighted by Crippen LogP contribution is -2.11. The first-order valence-corrected chi connectivity index (χ1v) is 6.68. The lowest BCUT2D eigenvalue weighted by molar-refractivity contribution is 0.0524. The van der Waals surface area contributed by atoms with Gasteiger partial charge in [0, 0.05) is 19.4 Å². The normalized spacial score (nSPS) is 10.6. The SMILES string of the molecule is CCCc1nc(-c2ccn(C)n2)ncc1C(=O)OCC. The molecule has 2 rings (SSSR count). The van der Waals surface area contributed by atoms with Gasteiger partial charge in [-0.25, -0.2) is 14.8 Å². The zero-order valence-electron chi connectivity index (χ0n) is 12.0. The average molecular weight is 274 g/mol. The number of hydrogen-bond donors (Lipinski definition) is 0. The summed E-state index contributed by atoms with van der Waals surface area (Å²) < 4.78 is 6.72. The Labute approximate surface area is 117 Å². The van der Waals surface area contributed by atoms with Gasteiger partial charge in [0.25, 0.3) is 0 Å². The summed E-state index contributed by atoms with van der Waals surface area (Å²) in [7, 11) is 1.84. The third-order valence-corrected chi connectivity index (χ3v) is 2.79. The summed E-state index contributed by atoms with van der Waals surface area (Å²) in [5.74, 6) is 0.158. The minimum absolute atomic E-state index is 0.340. The van der Waals surface area contributed by atoms with E-state index in [9.17, 15) is 4.79 Å². The van der Waals surface area contributed by atoms with E-state index in [-0.39, 0.29) is 5.97 Å². The highest BCUT2D eigenvalue weighted by Gasteiger charge is 2.16. The smallest absolute Gasteiger partial charge is 0.341 e. The summed E-state index contributed by atoms with van der Waals surface area (Å²) in [5, 5.41) is 4.27. The summed E-state index contributed by atoms with van der Waals surface area (Å²) >= 11 is 0. The van der Waals surface area contributed by atoms with E-state index in [4.69, 9.17) is 4.74 Å². The van der Waals surface area contributed by atoms with Gasteiger partial charge in [-0.2, -0.15) is 5.10 Å². The van der Waals surface area contributed by atoms with Gasteiger partial charge in [0.05, 0.1) is 17.9 Å². The van der Waals surface area contributed by atoms with Crippen molar-refractivity contribution in [2.75, 3.05) is 6.61 Å². The van der Waals surface area contributed by atoms with Gasteiger partial charge < -0.3 is 4.74 Å². The van der Waals surface area contributed by atoms with Gasteiger partial charge in [0.2, 0.25) is 0 Å². The molecule has 0 amide bonds. The van der Waals surface area contributed by atoms with E-state index < -0.39 is 0 Å². The fraction of sp³-hybridized carbons (Fsp3) is 0.429. The maximum absolute atomic E-state index is 11.9. The summed E-state index contributed by atoms with van der Waals surface area (Å²) in [6.07, 6.45) is 4.96. The van der Waals surface area contributed by atoms with Crippen LogP contribution in [0.4, 0.5) is 0 Å². The largest absolute Gasteiger partial charge is 0.462 e. The van der Waals surface area contributed by atoms with Crippen LogP contribution in [0.1, 0.15) is 36.3 Å². The third kappa shape index (κ3) is 3.01. The summed E-state index contributed by atoms with van der Waals surface area (Å²) in [6.45, 7) is 4.16. The second kappa shape index (κ2) is 6.27. The van der Waals surface area contributed by atoms with Gasteiger partial charge in [-0.05, 0) is 19.4 Å². The van der Waals surface area contributed by atoms with Crippen molar-refractivity contribution in [3.8, 4) is 11.5 Å². The standard InChI is InChI=1S/C14H18N4O2/c1-4-6-11-10(14(19)20-5-2)9-15-13(16-11)12-7-8-18(3)17-12/h7-9H,4-6H2,1-3H3. The molecule has 0 bridgehead atoms. The van der Waals surface area contributed by atoms with Crippen LogP contribution in [0.15, 0.2) is 18.5 Å². The molecule has 0 aliphatic heterocycles. The predicted octanol–water partition coefficient (Wildman–Crippen LogP) is 2.01. The van der Waals surface area contributed by atoms with Gasteiger partial charge in [0.15, 0.2) is 5.82 Å². The molecule has 2 heterocycles. The molecule has 0 aliphatic carbocycles. The monoisotopic (exact) mass is 274 g/mol. The minimum Gasteiger partial charge on any atom is -0.462 e. The number of ether oxygens (including phenoxy) is 1. The number of carbonyl (C=O) groups is 1. The molecule has 6 nitrogen and oxygen atoms in total. The van der Waals surface area contributed by atoms with E-state index in [0.29, 0.717) is 35.8 Å². The maximum atomic E-state index is 11.9. The molecular weight excluding hydrogens is 256 g/mol. The fourth-order valence-corrected chi connectivity index (χ4v) is 1.88. The van der Waals surface area contributed by atoms with E-state index in [1.165, 1.54) is 6.20 Å². The molecule has 0 atom stereocenters. The number of aromatic nitrogens is 4. The number of rotatable bonds is 5. The highest BCUT2D eigenvalue weighted by Crippen LogP contribution is 2.16. The molecule has 6 heteroatoms. The number of aryl methyl sites for hydroxylation is 2. The number of nitrogens with zero attached hydrogens (tertiary/aromatic N) is 4. The topological polar surface area (TPSA) is 69.9 Å². The first-order valence-electron chi connectivity index (χ1n) is 6.68. The Morgan fingerprint density at radius 1 is 1.40 bits per heavy atom. The number of esters is 1. The molecule has 106 valence electrons. The second-order valence-corrected chi connectivity index (χ2v) is 4.40. The van der Waals surface area contributed by atoms with Crippen LogP contribution in [0.3, 0.4) is 0 Å². The average Bonchev–Trinajstić information content (AvgIpc) is 2.86. The molecule has 2 aromatic heterocycles. The molecule has 0 fully saturated rings. The summed E-state index contributed by atoms with van der Waals surface area (Å²) in [5.41, 5.74) is 1.84. The van der Waals surface area contributed by atoms with Crippen molar-refractivity contribution in [3.05, 3.63) is 29.7 Å². The Hall–Kier alpha value is -2.24. The van der Waals surface area contributed by atoms with Crippen molar-refractivity contribution in [3.63, 3.8) is 0 Å². The van der Waals surface area contributed by atoms with Crippen molar-refractivity contribution >= 4 is 5.97 Å². The zero-order valence-corrected chi connectivity index (χ0v) is 12.0. The molecule has 0 saturated carbocycles. The van der Waals surface area contributed by atoms with Crippen LogP contribution < -0.4 is 0 Å². The highest BCUT2D eigenvalue weighted by molar-refractivity contribution is 5.90. The van der Waals surface area contributed by atoms with Crippen LogP contribution in [0, 0.1) is 0 Å². The van der Waals surface area contributed by atoms with E-state index in [0.717, 1.165) is 6.42 Å². The molecule has 0 saturated heterocycles. The highest BCUT2D eigenvalue weighted by atomic mass is 16.5. The quantitative estimate of drug-likeness (QED) is 0.780. The van der Waals surface area contributed by atoms with Gasteiger partial charge in [-0.1, -0.05) is 13.3 Å². The second-order valence-electron chi connectivity index (χ2n) is 4.40. The van der Waals surface area contributed by atoms with Crippen molar-refractivity contribution in [2.24, 2.45) is 7.05 Å². The molecule has 2 aromatic rings. The Bertz CT molecular complexity index is 607. The first-order chi connectivity index (χ1) is 9.65. The summed E-state index contributed by atoms with van der Waals surface area (Å²) in [4.78, 5) is 20.6. The van der Waals surface area contributed by atoms with Crippen molar-refractivity contribution in [1.82, 2.24) is 19.7 Å². The predicted molar refractivity (Wildman–Crippen MR) is 74.2 cm³/mol. The van der Waals surface area contributed by atoms with Crippen LogP contribution in [-0.4, -0.2) is 32.3 Å². The number of hydrogen-bond acceptors (Lipinski definition) is 5. The van der Waals surface area contributed by atoms with Gasteiger partial charge in [0.1, 0.15) is 5.69 Å². The minimum atomic E-state index is -0.372. The van der Waals surface area contributed by atoms with E-state index in [2.05, 4.69) is 15.1 Å². The summed E-state index contributed by atoms with van der Waals surface area (Å²) in [6, 6.07) is 1.84. The van der Waals surface area contributed by atoms with Gasteiger partial charge in [-0.15, -0.1) is 0 Å². The zero-order chi connectivity index (χ0) is 14.5. The van der Waals surface area contributed by atoms with E-state index >= 15 is 0 Å². The third-order valence-electron chi connectivity index (χ3n) is 2.79. The van der Waals surface area contributed by atoms with Crippen LogP contribution in [0.25, 0.3) is 11.5 Å². The van der Waals surface area contributed by atoms with E-state index in [1.807, 2.05) is 26.2 Å². The Morgan fingerprint density at radius 3 is 2.80 bits per heavy atom. The Morgan fingerprint density at radius 2 is 2.20 bits per heavy atom. The Balaban J connectivity index is 2.39. The van der Waals surface area contributed by atoms with Crippen molar-refractivity contribution in [1.29, 1.82) is 0 Å². The fourth-order valence-electron chi connectivity index (χ4n) is 1.88. The molecule has 0 N–H and O–H groups in total. The lowest BCUT2D eigenvalue weighted by Gasteiger charge is -2.08. The molecule has 0 spiro atoms. The molecule has 0 aromatic carbocycles. The molecule has 20 heavy (non-hydrogen) atoms. The molecule has 0 aliphatic rings.